The number of halogens is 1. The first kappa shape index (κ1) is 18.3. The summed E-state index contributed by atoms with van der Waals surface area (Å²) in [7, 11) is 1.83. The van der Waals surface area contributed by atoms with Crippen molar-refractivity contribution in [3.63, 3.8) is 0 Å². The number of amides is 1. The molecular formula is C20H23ClN4O. The lowest BCUT2D eigenvalue weighted by molar-refractivity contribution is 0.0780. The Hall–Kier alpha value is -2.53. The highest BCUT2D eigenvalue weighted by Crippen LogP contribution is 2.30. The molecule has 0 atom stereocenters. The molecule has 2 heterocycles. The van der Waals surface area contributed by atoms with E-state index in [0.29, 0.717) is 28.9 Å². The number of fused-ring (bicyclic) bond motifs is 1. The molecule has 0 saturated heterocycles. The fourth-order valence-electron chi connectivity index (χ4n) is 3.11. The molecule has 0 unspecified atom stereocenters. The highest BCUT2D eigenvalue weighted by molar-refractivity contribution is 6.30. The molecule has 2 aromatic heterocycles. The maximum absolute atomic E-state index is 12.9. The van der Waals surface area contributed by atoms with Crippen LogP contribution in [0.25, 0.3) is 10.9 Å². The fourth-order valence-corrected chi connectivity index (χ4v) is 3.30. The second kappa shape index (κ2) is 7.38. The van der Waals surface area contributed by atoms with E-state index in [9.17, 15) is 4.79 Å². The Balaban J connectivity index is 2.01. The molecule has 2 N–H and O–H groups in total. The van der Waals surface area contributed by atoms with E-state index in [1.807, 2.05) is 44.4 Å². The highest BCUT2D eigenvalue weighted by Gasteiger charge is 2.20. The van der Waals surface area contributed by atoms with Gasteiger partial charge in [-0.3, -0.25) is 4.79 Å². The van der Waals surface area contributed by atoms with Crippen molar-refractivity contribution in [3.05, 3.63) is 52.8 Å². The number of rotatable bonds is 5. The first-order valence-corrected chi connectivity index (χ1v) is 8.99. The summed E-state index contributed by atoms with van der Waals surface area (Å²) in [6.45, 7) is 6.88. The molecule has 26 heavy (non-hydrogen) atoms. The Labute approximate surface area is 158 Å². The summed E-state index contributed by atoms with van der Waals surface area (Å²) in [6.07, 6.45) is 3.55. The standard InChI is InChI=1S/C20H23ClN4O/c1-12(2)11-25(4)20(26)16-10-23-19(18-17(16)13(3)9-22-18)24-15-7-5-6-14(21)8-15/h5-10,12,22H,11H2,1-4H3,(H,23,24). The molecule has 0 aliphatic heterocycles. The number of H-pyrrole nitrogens is 1. The third-order valence-corrected chi connectivity index (χ3v) is 4.44. The van der Waals surface area contributed by atoms with Crippen LogP contribution in [0.15, 0.2) is 36.7 Å². The van der Waals surface area contributed by atoms with Gasteiger partial charge < -0.3 is 15.2 Å². The van der Waals surface area contributed by atoms with Crippen LogP contribution in [-0.2, 0) is 0 Å². The normalized spacial score (nSPS) is 11.2. The van der Waals surface area contributed by atoms with E-state index >= 15 is 0 Å². The van der Waals surface area contributed by atoms with Gasteiger partial charge in [0, 0.05) is 42.1 Å². The number of anilines is 2. The monoisotopic (exact) mass is 370 g/mol. The van der Waals surface area contributed by atoms with Crippen molar-refractivity contribution in [3.8, 4) is 0 Å². The second-order valence-corrected chi connectivity index (χ2v) is 7.39. The largest absolute Gasteiger partial charge is 0.358 e. The molecule has 0 radical (unpaired) electrons. The molecule has 3 rings (SSSR count). The van der Waals surface area contributed by atoms with Crippen molar-refractivity contribution in [2.24, 2.45) is 5.92 Å². The number of pyridine rings is 1. The first-order chi connectivity index (χ1) is 12.4. The van der Waals surface area contributed by atoms with E-state index in [1.165, 1.54) is 0 Å². The summed E-state index contributed by atoms with van der Waals surface area (Å²) in [5.41, 5.74) is 3.28. The van der Waals surface area contributed by atoms with Gasteiger partial charge in [0.05, 0.1) is 11.1 Å². The summed E-state index contributed by atoms with van der Waals surface area (Å²) < 4.78 is 0. The molecule has 6 heteroatoms. The molecule has 1 aromatic carbocycles. The smallest absolute Gasteiger partial charge is 0.255 e. The van der Waals surface area contributed by atoms with E-state index in [0.717, 1.165) is 22.2 Å². The van der Waals surface area contributed by atoms with Crippen LogP contribution in [0.5, 0.6) is 0 Å². The number of hydrogen-bond donors (Lipinski definition) is 2. The predicted molar refractivity (Wildman–Crippen MR) is 107 cm³/mol. The van der Waals surface area contributed by atoms with Crippen LogP contribution in [0, 0.1) is 12.8 Å². The van der Waals surface area contributed by atoms with Crippen LogP contribution in [0.4, 0.5) is 11.5 Å². The summed E-state index contributed by atoms with van der Waals surface area (Å²) >= 11 is 6.06. The number of aryl methyl sites for hydroxylation is 1. The average Bonchev–Trinajstić information content (AvgIpc) is 2.97. The lowest BCUT2D eigenvalue weighted by atomic mass is 10.1. The van der Waals surface area contributed by atoms with E-state index in [1.54, 1.807) is 11.1 Å². The Morgan fingerprint density at radius 3 is 2.85 bits per heavy atom. The first-order valence-electron chi connectivity index (χ1n) is 8.61. The van der Waals surface area contributed by atoms with Crippen molar-refractivity contribution >= 4 is 39.9 Å². The number of benzene rings is 1. The van der Waals surface area contributed by atoms with Crippen molar-refractivity contribution in [1.82, 2.24) is 14.9 Å². The molecule has 0 bridgehead atoms. The number of aromatic nitrogens is 2. The Kier molecular flexibility index (Phi) is 5.18. The van der Waals surface area contributed by atoms with Gasteiger partial charge in [-0.05, 0) is 36.6 Å². The maximum Gasteiger partial charge on any atom is 0.255 e. The molecule has 1 amide bonds. The summed E-state index contributed by atoms with van der Waals surface area (Å²) in [5, 5.41) is 4.82. The van der Waals surface area contributed by atoms with Crippen molar-refractivity contribution in [1.29, 1.82) is 0 Å². The zero-order chi connectivity index (χ0) is 18.8. The molecule has 0 aliphatic carbocycles. The van der Waals surface area contributed by atoms with Gasteiger partial charge in [-0.15, -0.1) is 0 Å². The number of nitrogens with zero attached hydrogens (tertiary/aromatic N) is 2. The van der Waals surface area contributed by atoms with E-state index in [2.05, 4.69) is 29.1 Å². The predicted octanol–water partition coefficient (Wildman–Crippen LogP) is 5.00. The van der Waals surface area contributed by atoms with Gasteiger partial charge in [0.15, 0.2) is 5.82 Å². The lowest BCUT2D eigenvalue weighted by Gasteiger charge is -2.20. The van der Waals surface area contributed by atoms with Gasteiger partial charge in [0.1, 0.15) is 0 Å². The van der Waals surface area contributed by atoms with Crippen LogP contribution < -0.4 is 5.32 Å². The lowest BCUT2D eigenvalue weighted by Crippen LogP contribution is -2.30. The number of nitrogens with one attached hydrogen (secondary N) is 2. The van der Waals surface area contributed by atoms with Crippen molar-refractivity contribution in [2.75, 3.05) is 18.9 Å². The molecular weight excluding hydrogens is 348 g/mol. The minimum atomic E-state index is -0.0202. The number of aromatic amines is 1. The molecule has 5 nitrogen and oxygen atoms in total. The van der Waals surface area contributed by atoms with Gasteiger partial charge in [-0.2, -0.15) is 0 Å². The van der Waals surface area contributed by atoms with Gasteiger partial charge in [-0.25, -0.2) is 4.98 Å². The highest BCUT2D eigenvalue weighted by atomic mass is 35.5. The summed E-state index contributed by atoms with van der Waals surface area (Å²) in [4.78, 5) is 22.4. The van der Waals surface area contributed by atoms with Crippen LogP contribution >= 0.6 is 11.6 Å². The van der Waals surface area contributed by atoms with Crippen LogP contribution in [0.2, 0.25) is 5.02 Å². The molecule has 136 valence electrons. The molecule has 0 fully saturated rings. The number of carbonyl (C=O) groups is 1. The topological polar surface area (TPSA) is 61.0 Å². The van der Waals surface area contributed by atoms with E-state index in [-0.39, 0.29) is 5.91 Å². The van der Waals surface area contributed by atoms with Gasteiger partial charge >= 0.3 is 0 Å². The molecule has 0 spiro atoms. The van der Waals surface area contributed by atoms with Gasteiger partial charge in [0.25, 0.3) is 5.91 Å². The zero-order valence-corrected chi connectivity index (χ0v) is 16.2. The fraction of sp³-hybridized carbons (Fsp3) is 0.300. The molecule has 0 saturated carbocycles. The van der Waals surface area contributed by atoms with Crippen molar-refractivity contribution in [2.45, 2.75) is 20.8 Å². The van der Waals surface area contributed by atoms with Crippen LogP contribution in [0.3, 0.4) is 0 Å². The molecule has 0 aliphatic rings. The van der Waals surface area contributed by atoms with E-state index in [4.69, 9.17) is 11.6 Å². The summed E-state index contributed by atoms with van der Waals surface area (Å²) in [6, 6.07) is 7.45. The Bertz CT molecular complexity index is 948. The Morgan fingerprint density at radius 2 is 2.15 bits per heavy atom. The maximum atomic E-state index is 12.9. The van der Waals surface area contributed by atoms with Gasteiger partial charge in [-0.1, -0.05) is 31.5 Å². The molecule has 3 aromatic rings. The summed E-state index contributed by atoms with van der Waals surface area (Å²) in [5.74, 6) is 1.05. The van der Waals surface area contributed by atoms with E-state index < -0.39 is 0 Å². The van der Waals surface area contributed by atoms with Crippen LogP contribution in [0.1, 0.15) is 29.8 Å². The third kappa shape index (κ3) is 3.68. The average molecular weight is 371 g/mol. The van der Waals surface area contributed by atoms with Crippen molar-refractivity contribution < 1.29 is 4.79 Å². The number of hydrogen-bond acceptors (Lipinski definition) is 3. The van der Waals surface area contributed by atoms with Crippen LogP contribution in [-0.4, -0.2) is 34.4 Å². The van der Waals surface area contributed by atoms with Gasteiger partial charge in [0.2, 0.25) is 0 Å². The quantitative estimate of drug-likeness (QED) is 0.664. The number of carbonyl (C=O) groups excluding carboxylic acids is 1. The second-order valence-electron chi connectivity index (χ2n) is 6.96. The minimum absolute atomic E-state index is 0.0202. The SMILES string of the molecule is Cc1c[nH]c2c(Nc3cccc(Cl)c3)ncc(C(=O)N(C)CC(C)C)c12. The zero-order valence-electron chi connectivity index (χ0n) is 15.4. The third-order valence-electron chi connectivity index (χ3n) is 4.21. The minimum Gasteiger partial charge on any atom is -0.358 e. The Morgan fingerprint density at radius 1 is 1.38 bits per heavy atom.